The monoisotopic (exact) mass is 94.1 g/mol. The van der Waals surface area contributed by atoms with Gasteiger partial charge >= 0.3 is 1.43 Å². The van der Waals surface area contributed by atoms with Crippen molar-refractivity contribution in [1.82, 2.24) is 5.32 Å². The van der Waals surface area contributed by atoms with E-state index in [1.807, 2.05) is 36.7 Å². The summed E-state index contributed by atoms with van der Waals surface area (Å²) in [4.78, 5) is 0. The molecule has 0 atom stereocenters. The second-order valence-electron chi connectivity index (χ2n) is 1.27. The van der Waals surface area contributed by atoms with Crippen molar-refractivity contribution in [3.63, 3.8) is 0 Å². The van der Waals surface area contributed by atoms with E-state index in [1.54, 1.807) is 0 Å². The molecule has 0 saturated carbocycles. The van der Waals surface area contributed by atoms with E-state index in [2.05, 4.69) is 5.32 Å². The van der Waals surface area contributed by atoms with Crippen LogP contribution in [0.4, 0.5) is 0 Å². The van der Waals surface area contributed by atoms with Crippen LogP contribution in [0.3, 0.4) is 0 Å². The smallest absolute Gasteiger partial charge is 0.368 e. The predicted octanol–water partition coefficient (Wildman–Crippen LogP) is 1.29. The van der Waals surface area contributed by atoms with Crippen molar-refractivity contribution in [2.45, 2.75) is 0 Å². The molecule has 1 heteroatoms. The lowest BCUT2D eigenvalue weighted by Crippen LogP contribution is -1.87. The third-order valence-electron chi connectivity index (χ3n) is 0.718. The summed E-state index contributed by atoms with van der Waals surface area (Å²) in [6.07, 6.45) is 11.6. The molecule has 1 aliphatic heterocycles. The highest BCUT2D eigenvalue weighted by atomic mass is 14.8. The molecule has 1 heterocycles. The van der Waals surface area contributed by atoms with Crippen LogP contribution < -0.4 is 5.32 Å². The number of hydrogen-bond donors (Lipinski definition) is 1. The van der Waals surface area contributed by atoms with Gasteiger partial charge < -0.3 is 5.32 Å². The van der Waals surface area contributed by atoms with Crippen molar-refractivity contribution in [3.8, 4) is 0 Å². The van der Waals surface area contributed by atoms with E-state index in [4.69, 9.17) is 0 Å². The third kappa shape index (κ3) is 1.26. The van der Waals surface area contributed by atoms with Crippen LogP contribution in [0, 0.1) is 0 Å². The van der Waals surface area contributed by atoms with Crippen molar-refractivity contribution >= 4 is 0 Å². The molecule has 0 bridgehead atoms. The predicted molar refractivity (Wildman–Crippen MR) is 31.7 cm³/mol. The van der Waals surface area contributed by atoms with Gasteiger partial charge in [0.15, 0.2) is 0 Å². The van der Waals surface area contributed by atoms with Crippen LogP contribution in [0.5, 0.6) is 0 Å². The van der Waals surface area contributed by atoms with E-state index >= 15 is 0 Å². The molecule has 0 unspecified atom stereocenters. The molecule has 0 amide bonds. The fraction of sp³-hybridized carbons (Fsp3) is 0. The van der Waals surface area contributed by atoms with Gasteiger partial charge in [0.2, 0.25) is 0 Å². The quantitative estimate of drug-likeness (QED) is 0.477. The summed E-state index contributed by atoms with van der Waals surface area (Å²) in [5.41, 5.74) is 0. The SMILES string of the molecule is C1=CC=CNC=C1.[H+]. The molecule has 1 nitrogen and oxygen atoms in total. The van der Waals surface area contributed by atoms with Gasteiger partial charge in [0.25, 0.3) is 0 Å². The first-order valence-electron chi connectivity index (χ1n) is 2.24. The Hall–Kier alpha value is -0.980. The van der Waals surface area contributed by atoms with E-state index < -0.39 is 0 Å². The van der Waals surface area contributed by atoms with E-state index in [1.165, 1.54) is 0 Å². The van der Waals surface area contributed by atoms with Crippen molar-refractivity contribution in [1.29, 1.82) is 0 Å². The van der Waals surface area contributed by atoms with Gasteiger partial charge in [-0.1, -0.05) is 12.2 Å². The first kappa shape index (κ1) is 4.19. The molecule has 0 aromatic carbocycles. The Balaban J connectivity index is 0.000000490. The minimum absolute atomic E-state index is 0. The summed E-state index contributed by atoms with van der Waals surface area (Å²) < 4.78 is 0. The maximum atomic E-state index is 2.92. The van der Waals surface area contributed by atoms with Crippen LogP contribution in [-0.4, -0.2) is 0 Å². The summed E-state index contributed by atoms with van der Waals surface area (Å²) in [5, 5.41) is 2.92. The molecule has 0 radical (unpaired) electrons. The molecule has 7 heavy (non-hydrogen) atoms. The van der Waals surface area contributed by atoms with E-state index in [-0.39, 0.29) is 1.43 Å². The first-order chi connectivity index (χ1) is 3.50. The second kappa shape index (κ2) is 2.24. The van der Waals surface area contributed by atoms with Crippen LogP contribution in [0.2, 0.25) is 0 Å². The lowest BCUT2D eigenvalue weighted by molar-refractivity contribution is 1.20. The molecule has 0 aromatic heterocycles. The summed E-state index contributed by atoms with van der Waals surface area (Å²) in [5.74, 6) is 0. The van der Waals surface area contributed by atoms with Crippen molar-refractivity contribution in [3.05, 3.63) is 36.7 Å². The van der Waals surface area contributed by atoms with Gasteiger partial charge in [0.05, 0.1) is 0 Å². The van der Waals surface area contributed by atoms with Gasteiger partial charge in [-0.3, -0.25) is 0 Å². The highest BCUT2D eigenvalue weighted by molar-refractivity contribution is 5.14. The topological polar surface area (TPSA) is 12.0 Å². The van der Waals surface area contributed by atoms with E-state index in [0.717, 1.165) is 0 Å². The molecule has 1 rings (SSSR count). The Morgan fingerprint density at radius 1 is 0.857 bits per heavy atom. The largest absolute Gasteiger partial charge is 1.00 e. The van der Waals surface area contributed by atoms with Crippen LogP contribution in [0.15, 0.2) is 36.7 Å². The van der Waals surface area contributed by atoms with Crippen molar-refractivity contribution in [2.75, 3.05) is 0 Å². The number of rotatable bonds is 0. The zero-order valence-electron chi connectivity index (χ0n) is 4.96. The lowest BCUT2D eigenvalue weighted by atomic mass is 10.5. The second-order valence-corrected chi connectivity index (χ2v) is 1.27. The standard InChI is InChI=1S/C6H7N/c1-2-4-6-7-5-3-1/h1-7H/p+1. The molecule has 0 aromatic rings. The lowest BCUT2D eigenvalue weighted by Gasteiger charge is -1.79. The molecule has 0 spiro atoms. The minimum Gasteiger partial charge on any atom is -0.368 e. The van der Waals surface area contributed by atoms with Crippen LogP contribution in [-0.2, 0) is 0 Å². The summed E-state index contributed by atoms with van der Waals surface area (Å²) in [7, 11) is 0. The van der Waals surface area contributed by atoms with Gasteiger partial charge in [0, 0.05) is 12.4 Å². The van der Waals surface area contributed by atoms with Gasteiger partial charge in [-0.2, -0.15) is 0 Å². The fourth-order valence-electron chi connectivity index (χ4n) is 0.406. The van der Waals surface area contributed by atoms with Crippen molar-refractivity contribution < 1.29 is 1.43 Å². The number of hydrogen-bond acceptors (Lipinski definition) is 1. The van der Waals surface area contributed by atoms with Crippen LogP contribution in [0.25, 0.3) is 0 Å². The normalized spacial score (nSPS) is 16.0. The van der Waals surface area contributed by atoms with Gasteiger partial charge in [-0.15, -0.1) is 0 Å². The molecular formula is C6H8N+. The Morgan fingerprint density at radius 2 is 1.43 bits per heavy atom. The maximum Gasteiger partial charge on any atom is 1.00 e. The molecule has 0 aliphatic carbocycles. The maximum absolute atomic E-state index is 2.92. The number of nitrogens with one attached hydrogen (secondary N) is 1. The molecule has 0 fully saturated rings. The molecule has 1 aliphatic rings. The average molecular weight is 94.1 g/mol. The van der Waals surface area contributed by atoms with E-state index in [0.29, 0.717) is 0 Å². The van der Waals surface area contributed by atoms with Crippen LogP contribution >= 0.6 is 0 Å². The molecule has 1 N–H and O–H groups in total. The summed E-state index contributed by atoms with van der Waals surface area (Å²) in [6, 6.07) is 0. The zero-order chi connectivity index (χ0) is 4.95. The van der Waals surface area contributed by atoms with Gasteiger partial charge in [-0.05, 0) is 12.2 Å². The molecule has 0 saturated heterocycles. The number of allylic oxidation sites excluding steroid dienone is 4. The van der Waals surface area contributed by atoms with Gasteiger partial charge in [0.1, 0.15) is 0 Å². The summed E-state index contributed by atoms with van der Waals surface area (Å²) in [6.45, 7) is 0. The highest BCUT2D eigenvalue weighted by Crippen LogP contribution is 1.81. The van der Waals surface area contributed by atoms with Crippen LogP contribution in [0.1, 0.15) is 1.43 Å². The Labute approximate surface area is 44.5 Å². The Kier molecular flexibility index (Phi) is 1.34. The fourth-order valence-corrected chi connectivity index (χ4v) is 0.406. The first-order valence-corrected chi connectivity index (χ1v) is 2.24. The Morgan fingerprint density at radius 3 is 2.00 bits per heavy atom. The van der Waals surface area contributed by atoms with E-state index in [9.17, 15) is 0 Å². The van der Waals surface area contributed by atoms with Crippen molar-refractivity contribution in [2.24, 2.45) is 0 Å². The molecular weight excluding hydrogens is 86.1 g/mol. The zero-order valence-corrected chi connectivity index (χ0v) is 3.96. The minimum atomic E-state index is 0. The molecule has 36 valence electrons. The average Bonchev–Trinajstić information content (AvgIpc) is 1.90. The summed E-state index contributed by atoms with van der Waals surface area (Å²) >= 11 is 0. The third-order valence-corrected chi connectivity index (χ3v) is 0.718. The Bertz CT molecular complexity index is 110. The highest BCUT2D eigenvalue weighted by Gasteiger charge is 1.67. The van der Waals surface area contributed by atoms with Gasteiger partial charge in [-0.25, -0.2) is 0 Å².